The van der Waals surface area contributed by atoms with E-state index in [2.05, 4.69) is 0 Å². The molecule has 0 amide bonds. The number of carboxylic acids is 4. The van der Waals surface area contributed by atoms with Gasteiger partial charge in [-0.1, -0.05) is 0 Å². The quantitative estimate of drug-likeness (QED) is 0.164. The molecule has 17 heavy (non-hydrogen) atoms. The van der Waals surface area contributed by atoms with E-state index in [0.717, 1.165) is 0 Å². The molecule has 13 heteroatoms. The molecule has 0 saturated carbocycles. The Morgan fingerprint density at radius 1 is 0.647 bits per heavy atom. The van der Waals surface area contributed by atoms with Crippen molar-refractivity contribution in [1.82, 2.24) is 0 Å². The van der Waals surface area contributed by atoms with Gasteiger partial charge in [-0.15, -0.1) is 0 Å². The molecule has 0 aromatic heterocycles. The molecular weight excluding hydrogens is 274 g/mol. The maximum absolute atomic E-state index is 9.10. The average Bonchev–Trinajstić information content (AvgIpc) is 2.03. The van der Waals surface area contributed by atoms with E-state index >= 15 is 0 Å². The monoisotopic (exact) mass is 282 g/mol. The number of hydrogen-bond donors (Lipinski definition) is 7. The summed E-state index contributed by atoms with van der Waals surface area (Å²) in [7, 11) is -2.17. The summed E-state index contributed by atoms with van der Waals surface area (Å²) in [5, 5.41) is 51.1. The molecule has 0 rings (SSSR count). The Bertz CT molecular complexity index is 217. The number of aliphatic carboxylic acids is 4. The molecule has 11 nitrogen and oxygen atoms in total. The standard InChI is InChI=1S/2C2H2O4.BH3O3.K.H/c2*3-1(4)2(5)6;2-1(3)4;;/h2*(H,3,4)(H,5,6);2-4H;;/q;;;+1;-1. The molecule has 0 radical (unpaired) electrons. The molecule has 0 saturated heterocycles. The van der Waals surface area contributed by atoms with Crippen molar-refractivity contribution >= 4 is 31.2 Å². The van der Waals surface area contributed by atoms with Gasteiger partial charge in [0.15, 0.2) is 0 Å². The second-order valence-electron chi connectivity index (χ2n) is 1.57. The van der Waals surface area contributed by atoms with Crippen LogP contribution in [0.1, 0.15) is 1.43 Å². The maximum atomic E-state index is 9.10. The van der Waals surface area contributed by atoms with Gasteiger partial charge in [0.2, 0.25) is 0 Å². The van der Waals surface area contributed by atoms with Crippen molar-refractivity contribution in [2.24, 2.45) is 0 Å². The minimum atomic E-state index is -2.17. The van der Waals surface area contributed by atoms with Crippen LogP contribution in [0.2, 0.25) is 0 Å². The van der Waals surface area contributed by atoms with Crippen LogP contribution in [0.4, 0.5) is 0 Å². The van der Waals surface area contributed by atoms with Crippen LogP contribution in [0, 0.1) is 0 Å². The Kier molecular flexibility index (Phi) is 23.0. The largest absolute Gasteiger partial charge is 1.00 e. The maximum Gasteiger partial charge on any atom is 1.00 e. The molecule has 0 fully saturated rings. The van der Waals surface area contributed by atoms with E-state index in [1.54, 1.807) is 0 Å². The fourth-order valence-electron chi connectivity index (χ4n) is 0. The Labute approximate surface area is 137 Å². The molecule has 0 spiro atoms. The fraction of sp³-hybridized carbons (Fsp3) is 0. The minimum absolute atomic E-state index is 0. The van der Waals surface area contributed by atoms with Crippen molar-refractivity contribution in [2.45, 2.75) is 0 Å². The molecule has 94 valence electrons. The first-order chi connectivity index (χ1) is 7.02. The molecule has 0 aliphatic rings. The Hall–Kier alpha value is -0.539. The molecule has 7 N–H and O–H groups in total. The zero-order valence-electron chi connectivity index (χ0n) is 9.34. The van der Waals surface area contributed by atoms with Crippen LogP contribution in [-0.4, -0.2) is 66.7 Å². The van der Waals surface area contributed by atoms with Gasteiger partial charge in [0, 0.05) is 0 Å². The van der Waals surface area contributed by atoms with Crippen molar-refractivity contribution in [3.63, 3.8) is 0 Å². The second-order valence-corrected chi connectivity index (χ2v) is 1.57. The van der Waals surface area contributed by atoms with Crippen molar-refractivity contribution < 1.29 is 107 Å². The third kappa shape index (κ3) is 50.3. The minimum Gasteiger partial charge on any atom is -1.00 e. The van der Waals surface area contributed by atoms with Gasteiger partial charge in [0.1, 0.15) is 0 Å². The van der Waals surface area contributed by atoms with Gasteiger partial charge in [-0.05, 0) is 0 Å². The molecule has 0 unspecified atom stereocenters. The van der Waals surface area contributed by atoms with Crippen molar-refractivity contribution in [2.75, 3.05) is 0 Å². The van der Waals surface area contributed by atoms with Gasteiger partial charge in [0.25, 0.3) is 0 Å². The van der Waals surface area contributed by atoms with Gasteiger partial charge in [-0.25, -0.2) is 19.2 Å². The van der Waals surface area contributed by atoms with Gasteiger partial charge in [-0.2, -0.15) is 0 Å². The number of rotatable bonds is 0. The van der Waals surface area contributed by atoms with Gasteiger partial charge < -0.3 is 36.9 Å². The molecule has 0 aliphatic heterocycles. The molecule has 0 aromatic rings. The normalized spacial score (nSPS) is 6.76. The van der Waals surface area contributed by atoms with Crippen LogP contribution in [0.15, 0.2) is 0 Å². The Morgan fingerprint density at radius 2 is 0.706 bits per heavy atom. The summed E-state index contributed by atoms with van der Waals surface area (Å²) in [6, 6.07) is 0. The summed E-state index contributed by atoms with van der Waals surface area (Å²) < 4.78 is 0. The molecule has 0 heterocycles. The zero-order valence-corrected chi connectivity index (χ0v) is 11.5. The summed E-state index contributed by atoms with van der Waals surface area (Å²) in [5.41, 5.74) is 0. The van der Waals surface area contributed by atoms with Gasteiger partial charge >= 0.3 is 82.6 Å². The smallest absolute Gasteiger partial charge is 1.00 e. The van der Waals surface area contributed by atoms with Crippen LogP contribution >= 0.6 is 0 Å². The molecule has 0 bridgehead atoms. The SMILES string of the molecule is O=C(O)C(=O)O.O=C(O)C(=O)O.OB(O)O.[H-].[K+]. The van der Waals surface area contributed by atoms with E-state index in [1.807, 2.05) is 0 Å². The van der Waals surface area contributed by atoms with Gasteiger partial charge in [-0.3, -0.25) is 0 Å². The van der Waals surface area contributed by atoms with E-state index in [-0.39, 0.29) is 52.8 Å². The molecule has 0 aromatic carbocycles. The first kappa shape index (κ1) is 25.3. The van der Waals surface area contributed by atoms with Crippen LogP contribution in [0.3, 0.4) is 0 Å². The molecule has 0 aliphatic carbocycles. The predicted octanol–water partition coefficient (Wildman–Crippen LogP) is -6.62. The summed E-state index contributed by atoms with van der Waals surface area (Å²) in [6.07, 6.45) is 0. The first-order valence-electron chi connectivity index (χ1n) is 2.99. The van der Waals surface area contributed by atoms with Crippen LogP contribution in [-0.2, 0) is 19.2 Å². The van der Waals surface area contributed by atoms with E-state index in [4.69, 9.17) is 54.7 Å². The van der Waals surface area contributed by atoms with Gasteiger partial charge in [0.05, 0.1) is 0 Å². The van der Waals surface area contributed by atoms with Crippen LogP contribution in [0.5, 0.6) is 0 Å². The van der Waals surface area contributed by atoms with Crippen molar-refractivity contribution in [3.05, 3.63) is 0 Å². The summed E-state index contributed by atoms with van der Waals surface area (Å²) >= 11 is 0. The summed E-state index contributed by atoms with van der Waals surface area (Å²) in [5.74, 6) is -7.30. The number of carboxylic acid groups (broad SMARTS) is 4. The fourth-order valence-corrected chi connectivity index (χ4v) is 0. The Balaban J connectivity index is -0.0000000454. The van der Waals surface area contributed by atoms with E-state index in [0.29, 0.717) is 0 Å². The molecule has 0 atom stereocenters. The number of hydrogen-bond acceptors (Lipinski definition) is 7. The third-order valence-electron chi connectivity index (χ3n) is 0.366. The number of carbonyl (C=O) groups is 4. The summed E-state index contributed by atoms with van der Waals surface area (Å²) in [4.78, 5) is 36.4. The van der Waals surface area contributed by atoms with Crippen molar-refractivity contribution in [3.8, 4) is 0 Å². The zero-order chi connectivity index (χ0) is 13.9. The second kappa shape index (κ2) is 15.5. The topological polar surface area (TPSA) is 210 Å². The molecular formula is C4H8BKO11. The summed E-state index contributed by atoms with van der Waals surface area (Å²) in [6.45, 7) is 0. The first-order valence-corrected chi connectivity index (χ1v) is 2.99. The Morgan fingerprint density at radius 3 is 0.706 bits per heavy atom. The van der Waals surface area contributed by atoms with Crippen molar-refractivity contribution in [1.29, 1.82) is 0 Å². The average molecular weight is 282 g/mol. The third-order valence-corrected chi connectivity index (χ3v) is 0.366. The predicted molar refractivity (Wildman–Crippen MR) is 44.1 cm³/mol. The van der Waals surface area contributed by atoms with E-state index in [1.165, 1.54) is 0 Å². The van der Waals surface area contributed by atoms with E-state index < -0.39 is 31.2 Å². The van der Waals surface area contributed by atoms with Crippen LogP contribution < -0.4 is 51.4 Å². The van der Waals surface area contributed by atoms with Crippen LogP contribution in [0.25, 0.3) is 0 Å². The van der Waals surface area contributed by atoms with E-state index in [9.17, 15) is 0 Å².